The summed E-state index contributed by atoms with van der Waals surface area (Å²) in [5.41, 5.74) is 0. The van der Waals surface area contributed by atoms with Crippen molar-refractivity contribution in [2.75, 3.05) is 0 Å². The van der Waals surface area contributed by atoms with Gasteiger partial charge < -0.3 is 4.74 Å². The van der Waals surface area contributed by atoms with E-state index < -0.39 is 0 Å². The number of hydrogen-bond acceptors (Lipinski definition) is 2. The fourth-order valence-electron chi connectivity index (χ4n) is 2.79. The van der Waals surface area contributed by atoms with Crippen molar-refractivity contribution in [3.8, 4) is 0 Å². The molecule has 100 valence electrons. The van der Waals surface area contributed by atoms with E-state index in [1.165, 1.54) is 32.1 Å². The van der Waals surface area contributed by atoms with Gasteiger partial charge in [-0.05, 0) is 31.6 Å². The van der Waals surface area contributed by atoms with Gasteiger partial charge in [-0.25, -0.2) is 0 Å². The molecule has 1 fully saturated rings. The summed E-state index contributed by atoms with van der Waals surface area (Å²) in [6.45, 7) is 6.32. The van der Waals surface area contributed by atoms with E-state index in [0.29, 0.717) is 12.3 Å². The van der Waals surface area contributed by atoms with E-state index in [4.69, 9.17) is 4.74 Å². The minimum Gasteiger partial charge on any atom is -0.463 e. The topological polar surface area (TPSA) is 26.3 Å². The van der Waals surface area contributed by atoms with Crippen LogP contribution in [0.5, 0.6) is 0 Å². The summed E-state index contributed by atoms with van der Waals surface area (Å²) in [5, 5.41) is 0. The molecule has 0 amide bonds. The largest absolute Gasteiger partial charge is 0.463 e. The summed E-state index contributed by atoms with van der Waals surface area (Å²) in [6.07, 6.45) is 9.41. The Balaban J connectivity index is 2.11. The predicted octanol–water partition coefficient (Wildman–Crippen LogP) is 4.32. The molecule has 0 heterocycles. The molecule has 1 aliphatic carbocycles. The molecular weight excluding hydrogens is 212 g/mol. The maximum atomic E-state index is 11.7. The molecule has 0 radical (unpaired) electrons. The Morgan fingerprint density at radius 1 is 1.18 bits per heavy atom. The zero-order chi connectivity index (χ0) is 12.7. The standard InChI is InChI=1S/C15H28O2/c1-12(2)11-13(3)17-15(16)10-9-14-7-5-4-6-8-14/h12-14H,4-11H2,1-3H3/t13-/m1/s1. The summed E-state index contributed by atoms with van der Waals surface area (Å²) in [5.74, 6) is 1.37. The zero-order valence-corrected chi connectivity index (χ0v) is 11.7. The first kappa shape index (κ1) is 14.5. The van der Waals surface area contributed by atoms with Crippen LogP contribution < -0.4 is 0 Å². The number of ether oxygens (including phenoxy) is 1. The lowest BCUT2D eigenvalue weighted by Gasteiger charge is -2.21. The van der Waals surface area contributed by atoms with E-state index in [1.54, 1.807) is 0 Å². The fraction of sp³-hybridized carbons (Fsp3) is 0.933. The number of carbonyl (C=O) groups is 1. The average molecular weight is 240 g/mol. The van der Waals surface area contributed by atoms with E-state index in [2.05, 4.69) is 13.8 Å². The summed E-state index contributed by atoms with van der Waals surface area (Å²) in [7, 11) is 0. The molecule has 0 N–H and O–H groups in total. The van der Waals surface area contributed by atoms with Crippen molar-refractivity contribution < 1.29 is 9.53 Å². The van der Waals surface area contributed by atoms with Crippen molar-refractivity contribution in [1.82, 2.24) is 0 Å². The molecule has 1 atom stereocenters. The Bertz CT molecular complexity index is 217. The number of hydrogen-bond donors (Lipinski definition) is 0. The Morgan fingerprint density at radius 3 is 2.41 bits per heavy atom. The second-order valence-electron chi connectivity index (χ2n) is 5.97. The Kier molecular flexibility index (Phi) is 6.61. The van der Waals surface area contributed by atoms with Crippen molar-refractivity contribution in [2.45, 2.75) is 78.2 Å². The maximum Gasteiger partial charge on any atom is 0.306 e. The first-order valence-electron chi connectivity index (χ1n) is 7.27. The summed E-state index contributed by atoms with van der Waals surface area (Å²) in [6, 6.07) is 0. The second-order valence-corrected chi connectivity index (χ2v) is 5.97. The van der Waals surface area contributed by atoms with Gasteiger partial charge in [0.25, 0.3) is 0 Å². The van der Waals surface area contributed by atoms with Crippen LogP contribution in [0, 0.1) is 11.8 Å². The summed E-state index contributed by atoms with van der Waals surface area (Å²) >= 11 is 0. The van der Waals surface area contributed by atoms with Crippen LogP contribution in [0.2, 0.25) is 0 Å². The summed E-state index contributed by atoms with van der Waals surface area (Å²) in [4.78, 5) is 11.7. The highest BCUT2D eigenvalue weighted by molar-refractivity contribution is 5.69. The zero-order valence-electron chi connectivity index (χ0n) is 11.7. The highest BCUT2D eigenvalue weighted by Gasteiger charge is 2.16. The molecule has 0 aromatic rings. The Hall–Kier alpha value is -0.530. The molecule has 0 aromatic heterocycles. The molecule has 1 rings (SSSR count). The van der Waals surface area contributed by atoms with Crippen LogP contribution in [0.1, 0.15) is 72.1 Å². The molecule has 1 saturated carbocycles. The van der Waals surface area contributed by atoms with Crippen LogP contribution in [-0.4, -0.2) is 12.1 Å². The minimum atomic E-state index is 0.00345. The van der Waals surface area contributed by atoms with Gasteiger partial charge in [-0.15, -0.1) is 0 Å². The third kappa shape index (κ3) is 6.70. The molecule has 0 bridgehead atoms. The average Bonchev–Trinajstić information content (AvgIpc) is 2.26. The van der Waals surface area contributed by atoms with Crippen LogP contribution in [0.4, 0.5) is 0 Å². The van der Waals surface area contributed by atoms with Crippen LogP contribution in [0.25, 0.3) is 0 Å². The molecule has 0 aromatic carbocycles. The fourth-order valence-corrected chi connectivity index (χ4v) is 2.79. The lowest BCUT2D eigenvalue weighted by atomic mass is 9.86. The van der Waals surface area contributed by atoms with E-state index in [1.807, 2.05) is 6.92 Å². The minimum absolute atomic E-state index is 0.00345. The SMILES string of the molecule is CC(C)C[C@@H](C)OC(=O)CCC1CCCCC1. The molecule has 0 aliphatic heterocycles. The van der Waals surface area contributed by atoms with Crippen molar-refractivity contribution in [2.24, 2.45) is 11.8 Å². The molecular formula is C15H28O2. The van der Waals surface area contributed by atoms with Crippen LogP contribution in [-0.2, 0) is 9.53 Å². The van der Waals surface area contributed by atoms with Crippen LogP contribution in [0.3, 0.4) is 0 Å². The first-order valence-corrected chi connectivity index (χ1v) is 7.27. The van der Waals surface area contributed by atoms with Gasteiger partial charge in [0.1, 0.15) is 0 Å². The number of rotatable bonds is 6. The molecule has 0 saturated heterocycles. The third-order valence-electron chi connectivity index (χ3n) is 3.62. The van der Waals surface area contributed by atoms with Gasteiger partial charge in [0.2, 0.25) is 0 Å². The van der Waals surface area contributed by atoms with Gasteiger partial charge in [0.05, 0.1) is 6.10 Å². The molecule has 17 heavy (non-hydrogen) atoms. The smallest absolute Gasteiger partial charge is 0.306 e. The van der Waals surface area contributed by atoms with Crippen molar-refractivity contribution in [3.63, 3.8) is 0 Å². The van der Waals surface area contributed by atoms with Crippen LogP contribution >= 0.6 is 0 Å². The predicted molar refractivity (Wildman–Crippen MR) is 70.8 cm³/mol. The van der Waals surface area contributed by atoms with E-state index in [9.17, 15) is 4.79 Å². The van der Waals surface area contributed by atoms with Crippen molar-refractivity contribution >= 4 is 5.97 Å². The van der Waals surface area contributed by atoms with Crippen molar-refractivity contribution in [3.05, 3.63) is 0 Å². The van der Waals surface area contributed by atoms with Gasteiger partial charge >= 0.3 is 5.97 Å². The number of esters is 1. The van der Waals surface area contributed by atoms with Gasteiger partial charge in [0, 0.05) is 6.42 Å². The lowest BCUT2D eigenvalue weighted by molar-refractivity contribution is -0.149. The Labute approximate surface area is 106 Å². The monoisotopic (exact) mass is 240 g/mol. The molecule has 0 spiro atoms. The molecule has 0 unspecified atom stereocenters. The van der Waals surface area contributed by atoms with E-state index in [0.717, 1.165) is 18.8 Å². The maximum absolute atomic E-state index is 11.7. The Morgan fingerprint density at radius 2 is 1.82 bits per heavy atom. The normalized spacial score (nSPS) is 19.3. The highest BCUT2D eigenvalue weighted by Crippen LogP contribution is 2.27. The van der Waals surface area contributed by atoms with E-state index in [-0.39, 0.29) is 12.1 Å². The molecule has 2 heteroatoms. The van der Waals surface area contributed by atoms with Crippen molar-refractivity contribution in [1.29, 1.82) is 0 Å². The molecule has 2 nitrogen and oxygen atoms in total. The summed E-state index contributed by atoms with van der Waals surface area (Å²) < 4.78 is 5.41. The quantitative estimate of drug-likeness (QED) is 0.646. The van der Waals surface area contributed by atoms with Gasteiger partial charge in [-0.2, -0.15) is 0 Å². The molecule has 1 aliphatic rings. The van der Waals surface area contributed by atoms with Gasteiger partial charge in [-0.3, -0.25) is 4.79 Å². The number of carbonyl (C=O) groups excluding carboxylic acids is 1. The highest BCUT2D eigenvalue weighted by atomic mass is 16.5. The van der Waals surface area contributed by atoms with Gasteiger partial charge in [-0.1, -0.05) is 46.0 Å². The lowest BCUT2D eigenvalue weighted by Crippen LogP contribution is -2.18. The third-order valence-corrected chi connectivity index (χ3v) is 3.62. The van der Waals surface area contributed by atoms with Crippen LogP contribution in [0.15, 0.2) is 0 Å². The van der Waals surface area contributed by atoms with E-state index >= 15 is 0 Å². The van der Waals surface area contributed by atoms with Gasteiger partial charge in [0.15, 0.2) is 0 Å². The first-order chi connectivity index (χ1) is 8.08. The second kappa shape index (κ2) is 7.73.